The van der Waals surface area contributed by atoms with Crippen molar-refractivity contribution in [1.82, 2.24) is 4.57 Å². The summed E-state index contributed by atoms with van der Waals surface area (Å²) < 4.78 is 13.9. The zero-order valence-electron chi connectivity index (χ0n) is 18.8. The fourth-order valence-corrected chi connectivity index (χ4v) is 5.03. The number of halogens is 1. The Morgan fingerprint density at radius 1 is 1.21 bits per heavy atom. The van der Waals surface area contributed by atoms with E-state index in [0.717, 1.165) is 21.3 Å². The van der Waals surface area contributed by atoms with E-state index in [0.29, 0.717) is 27.2 Å². The van der Waals surface area contributed by atoms with Gasteiger partial charge in [-0.05, 0) is 55.3 Å². The van der Waals surface area contributed by atoms with Crippen molar-refractivity contribution in [3.8, 4) is 5.75 Å². The summed E-state index contributed by atoms with van der Waals surface area (Å²) in [5, 5.41) is 0. The van der Waals surface area contributed by atoms with E-state index in [-0.39, 0.29) is 12.2 Å². The van der Waals surface area contributed by atoms with Crippen LogP contribution in [-0.4, -0.2) is 23.8 Å². The molecular weight excluding hydrogens is 516 g/mol. The molecule has 34 heavy (non-hydrogen) atoms. The highest BCUT2D eigenvalue weighted by Crippen LogP contribution is 2.31. The summed E-state index contributed by atoms with van der Waals surface area (Å²) in [5.41, 5.74) is 2.36. The number of hydrogen-bond donors (Lipinski definition) is 0. The summed E-state index contributed by atoms with van der Waals surface area (Å²) in [5.74, 6) is 0.254. The molecule has 2 heterocycles. The van der Waals surface area contributed by atoms with Gasteiger partial charge in [-0.2, -0.15) is 0 Å². The lowest BCUT2D eigenvalue weighted by atomic mass is 9.96. The summed E-state index contributed by atoms with van der Waals surface area (Å²) in [4.78, 5) is 31.6. The summed E-state index contributed by atoms with van der Waals surface area (Å²) in [6.45, 7) is 7.84. The van der Waals surface area contributed by atoms with Gasteiger partial charge in [-0.25, -0.2) is 9.79 Å². The van der Waals surface area contributed by atoms with Crippen molar-refractivity contribution in [2.75, 3.05) is 13.2 Å². The molecule has 0 spiro atoms. The molecule has 174 valence electrons. The largest absolute Gasteiger partial charge is 0.490 e. The Labute approximate surface area is 209 Å². The molecule has 2 aromatic carbocycles. The van der Waals surface area contributed by atoms with E-state index < -0.39 is 12.0 Å². The molecule has 0 radical (unpaired) electrons. The molecule has 0 aliphatic carbocycles. The van der Waals surface area contributed by atoms with Gasteiger partial charge in [0.1, 0.15) is 12.4 Å². The third-order valence-electron chi connectivity index (χ3n) is 5.25. The second-order valence-corrected chi connectivity index (χ2v) is 9.45. The topological polar surface area (TPSA) is 69.9 Å². The zero-order valence-corrected chi connectivity index (χ0v) is 21.2. The molecule has 1 aromatic heterocycles. The maximum Gasteiger partial charge on any atom is 0.338 e. The molecule has 0 amide bonds. The molecule has 0 unspecified atom stereocenters. The first kappa shape index (κ1) is 23.9. The minimum absolute atomic E-state index is 0.210. The number of hydrogen-bond acceptors (Lipinski definition) is 6. The second kappa shape index (κ2) is 10.4. The Morgan fingerprint density at radius 3 is 2.56 bits per heavy atom. The first-order valence-corrected chi connectivity index (χ1v) is 12.3. The van der Waals surface area contributed by atoms with Gasteiger partial charge in [-0.3, -0.25) is 9.36 Å². The molecule has 0 saturated heterocycles. The number of carbonyl (C=O) groups excluding carboxylic acids is 1. The van der Waals surface area contributed by atoms with E-state index in [1.54, 1.807) is 24.5 Å². The van der Waals surface area contributed by atoms with Crippen LogP contribution in [0.15, 0.2) is 86.7 Å². The van der Waals surface area contributed by atoms with Crippen molar-refractivity contribution in [3.05, 3.63) is 108 Å². The van der Waals surface area contributed by atoms with Crippen LogP contribution in [0.25, 0.3) is 6.08 Å². The molecule has 0 fully saturated rings. The smallest absolute Gasteiger partial charge is 0.338 e. The highest BCUT2D eigenvalue weighted by Gasteiger charge is 2.33. The SMILES string of the molecule is C=CCOc1ccc(/C=c2\sc3n(c2=O)[C@H](c2ccc(Br)cc2)C(C(=O)OCC)=C(C)N=3)cc1. The van der Waals surface area contributed by atoms with Crippen LogP contribution in [0.5, 0.6) is 5.75 Å². The minimum Gasteiger partial charge on any atom is -0.490 e. The van der Waals surface area contributed by atoms with E-state index in [1.165, 1.54) is 11.3 Å². The van der Waals surface area contributed by atoms with Crippen molar-refractivity contribution >= 4 is 39.3 Å². The van der Waals surface area contributed by atoms with Crippen LogP contribution in [-0.2, 0) is 9.53 Å². The Bertz CT molecular complexity index is 1430. The predicted octanol–water partition coefficient (Wildman–Crippen LogP) is 4.13. The van der Waals surface area contributed by atoms with Gasteiger partial charge in [0.25, 0.3) is 5.56 Å². The number of esters is 1. The average molecular weight is 539 g/mol. The van der Waals surface area contributed by atoms with Crippen LogP contribution in [0.4, 0.5) is 0 Å². The number of benzene rings is 2. The lowest BCUT2D eigenvalue weighted by molar-refractivity contribution is -0.139. The van der Waals surface area contributed by atoms with Crippen LogP contribution in [0.2, 0.25) is 0 Å². The average Bonchev–Trinajstić information content (AvgIpc) is 3.12. The predicted molar refractivity (Wildman–Crippen MR) is 137 cm³/mol. The Hall–Kier alpha value is -3.23. The Kier molecular flexibility index (Phi) is 7.29. The number of allylic oxidation sites excluding steroid dienone is 1. The molecule has 1 aliphatic rings. The maximum atomic E-state index is 13.6. The van der Waals surface area contributed by atoms with Crippen molar-refractivity contribution in [3.63, 3.8) is 0 Å². The first-order valence-electron chi connectivity index (χ1n) is 10.7. The van der Waals surface area contributed by atoms with Gasteiger partial charge in [0.15, 0.2) is 4.80 Å². The highest BCUT2D eigenvalue weighted by molar-refractivity contribution is 9.10. The molecule has 8 heteroatoms. The number of fused-ring (bicyclic) bond motifs is 1. The van der Waals surface area contributed by atoms with E-state index >= 15 is 0 Å². The molecule has 0 bridgehead atoms. The highest BCUT2D eigenvalue weighted by atomic mass is 79.9. The summed E-state index contributed by atoms with van der Waals surface area (Å²) in [7, 11) is 0. The van der Waals surface area contributed by atoms with Gasteiger partial charge in [0.2, 0.25) is 0 Å². The molecular formula is C26H23BrN2O4S. The van der Waals surface area contributed by atoms with Crippen LogP contribution in [0, 0.1) is 0 Å². The number of nitrogens with zero attached hydrogens (tertiary/aromatic N) is 2. The summed E-state index contributed by atoms with van der Waals surface area (Å²) in [6.07, 6.45) is 3.51. The third kappa shape index (κ3) is 4.83. The third-order valence-corrected chi connectivity index (χ3v) is 6.76. The Balaban J connectivity index is 1.84. The lowest BCUT2D eigenvalue weighted by Crippen LogP contribution is -2.39. The van der Waals surface area contributed by atoms with Gasteiger partial charge >= 0.3 is 5.97 Å². The molecule has 0 N–H and O–H groups in total. The standard InChI is InChI=1S/C26H23BrN2O4S/c1-4-14-33-20-12-6-17(7-13-20)15-21-24(30)29-23(18-8-10-19(27)11-9-18)22(25(31)32-5-2)16(3)28-26(29)34-21/h4,6-13,15,23H,1,5,14H2,2-3H3/b21-15-/t23-/m1/s1. The van der Waals surface area contributed by atoms with Crippen LogP contribution >= 0.6 is 27.3 Å². The normalized spacial score (nSPS) is 15.5. The van der Waals surface area contributed by atoms with Gasteiger partial charge in [0, 0.05) is 4.47 Å². The molecule has 1 aliphatic heterocycles. The molecule has 0 saturated carbocycles. The quantitative estimate of drug-likeness (QED) is 0.335. The monoisotopic (exact) mass is 538 g/mol. The van der Waals surface area contributed by atoms with Gasteiger partial charge in [-0.1, -0.05) is 64.2 Å². The number of rotatable bonds is 7. The zero-order chi connectivity index (χ0) is 24.2. The van der Waals surface area contributed by atoms with Crippen molar-refractivity contribution in [2.24, 2.45) is 4.99 Å². The van der Waals surface area contributed by atoms with E-state index in [1.807, 2.05) is 54.6 Å². The van der Waals surface area contributed by atoms with E-state index in [2.05, 4.69) is 27.5 Å². The molecule has 4 rings (SSSR count). The van der Waals surface area contributed by atoms with Crippen molar-refractivity contribution < 1.29 is 14.3 Å². The molecule has 3 aromatic rings. The minimum atomic E-state index is -0.625. The number of thiazole rings is 1. The number of ether oxygens (including phenoxy) is 2. The Morgan fingerprint density at radius 2 is 1.91 bits per heavy atom. The number of carbonyl (C=O) groups is 1. The lowest BCUT2D eigenvalue weighted by Gasteiger charge is -2.24. The fourth-order valence-electron chi connectivity index (χ4n) is 3.72. The van der Waals surface area contributed by atoms with Crippen molar-refractivity contribution in [2.45, 2.75) is 19.9 Å². The van der Waals surface area contributed by atoms with Crippen LogP contribution in [0.3, 0.4) is 0 Å². The molecule has 6 nitrogen and oxygen atoms in total. The van der Waals surface area contributed by atoms with Crippen LogP contribution in [0.1, 0.15) is 31.0 Å². The second-order valence-electron chi connectivity index (χ2n) is 7.52. The molecule has 1 atom stereocenters. The van der Waals surface area contributed by atoms with Crippen LogP contribution < -0.4 is 19.6 Å². The van der Waals surface area contributed by atoms with Gasteiger partial charge in [0.05, 0.1) is 28.5 Å². The summed E-state index contributed by atoms with van der Waals surface area (Å²) >= 11 is 4.74. The van der Waals surface area contributed by atoms with Gasteiger partial charge < -0.3 is 9.47 Å². The first-order chi connectivity index (χ1) is 16.4. The maximum absolute atomic E-state index is 13.6. The van der Waals surface area contributed by atoms with E-state index in [9.17, 15) is 9.59 Å². The van der Waals surface area contributed by atoms with Gasteiger partial charge in [-0.15, -0.1) is 0 Å². The van der Waals surface area contributed by atoms with E-state index in [4.69, 9.17) is 9.47 Å². The number of aromatic nitrogens is 1. The van der Waals surface area contributed by atoms with Crippen molar-refractivity contribution in [1.29, 1.82) is 0 Å². The fraction of sp³-hybridized carbons (Fsp3) is 0.192. The summed E-state index contributed by atoms with van der Waals surface area (Å²) in [6, 6.07) is 14.4.